The third kappa shape index (κ3) is 5.19. The molecule has 0 fully saturated rings. The predicted molar refractivity (Wildman–Crippen MR) is 114 cm³/mol. The number of unbranched alkanes of at least 4 members (excludes halogenated alkanes) is 4. The van der Waals surface area contributed by atoms with Crippen LogP contribution >= 0.6 is 0 Å². The number of anilines is 1. The summed E-state index contributed by atoms with van der Waals surface area (Å²) in [6, 6.07) is 19.0. The van der Waals surface area contributed by atoms with Crippen LogP contribution < -0.4 is 5.32 Å². The highest BCUT2D eigenvalue weighted by Gasteiger charge is 1.98. The molecule has 26 heavy (non-hydrogen) atoms. The van der Waals surface area contributed by atoms with Crippen LogP contribution in [-0.4, -0.2) is 11.5 Å². The fourth-order valence-electron chi connectivity index (χ4n) is 3.12. The average molecular weight is 345 g/mol. The third-order valence-electron chi connectivity index (χ3n) is 4.66. The van der Waals surface area contributed by atoms with Crippen LogP contribution in [0, 0.1) is 0 Å². The molecular weight excluding hydrogens is 316 g/mol. The van der Waals surface area contributed by atoms with Crippen LogP contribution in [0.4, 0.5) is 5.69 Å². The topological polar surface area (TPSA) is 24.9 Å². The van der Waals surface area contributed by atoms with E-state index in [4.69, 9.17) is 0 Å². The Morgan fingerprint density at radius 1 is 0.846 bits per heavy atom. The molecule has 0 aliphatic rings. The molecule has 0 aliphatic carbocycles. The van der Waals surface area contributed by atoms with Crippen molar-refractivity contribution in [1.29, 1.82) is 0 Å². The lowest BCUT2D eigenvalue weighted by molar-refractivity contribution is 0.645. The first-order valence-corrected chi connectivity index (χ1v) is 9.72. The molecule has 134 valence electrons. The van der Waals surface area contributed by atoms with Gasteiger partial charge in [-0.3, -0.25) is 4.98 Å². The molecule has 2 aromatic carbocycles. The summed E-state index contributed by atoms with van der Waals surface area (Å²) in [4.78, 5) is 4.42. The SMILES string of the molecule is CCCCCCCNc1ccc(/C=C/c2ccnc3ccccc23)cc1. The van der Waals surface area contributed by atoms with E-state index in [1.54, 1.807) is 0 Å². The lowest BCUT2D eigenvalue weighted by Crippen LogP contribution is -2.01. The van der Waals surface area contributed by atoms with E-state index in [2.05, 4.69) is 77.9 Å². The molecule has 3 rings (SSSR count). The molecule has 2 heteroatoms. The van der Waals surface area contributed by atoms with Gasteiger partial charge >= 0.3 is 0 Å². The second-order valence-electron chi connectivity index (χ2n) is 6.71. The fourth-order valence-corrected chi connectivity index (χ4v) is 3.12. The number of aromatic nitrogens is 1. The lowest BCUT2D eigenvalue weighted by Gasteiger charge is -2.06. The lowest BCUT2D eigenvalue weighted by atomic mass is 10.1. The van der Waals surface area contributed by atoms with Crippen LogP contribution in [0.25, 0.3) is 23.1 Å². The molecule has 3 aromatic rings. The summed E-state index contributed by atoms with van der Waals surface area (Å²) in [5.74, 6) is 0. The highest BCUT2D eigenvalue weighted by atomic mass is 14.9. The number of hydrogen-bond donors (Lipinski definition) is 1. The largest absolute Gasteiger partial charge is 0.385 e. The van der Waals surface area contributed by atoms with Gasteiger partial charge in [-0.2, -0.15) is 0 Å². The molecule has 0 bridgehead atoms. The number of nitrogens with one attached hydrogen (secondary N) is 1. The Morgan fingerprint density at radius 2 is 1.65 bits per heavy atom. The van der Waals surface area contributed by atoms with Gasteiger partial charge in [0.2, 0.25) is 0 Å². The summed E-state index contributed by atoms with van der Waals surface area (Å²) in [5, 5.41) is 4.70. The number of pyridine rings is 1. The van der Waals surface area contributed by atoms with Gasteiger partial charge in [-0.25, -0.2) is 0 Å². The minimum Gasteiger partial charge on any atom is -0.385 e. The fraction of sp³-hybridized carbons (Fsp3) is 0.292. The number of rotatable bonds is 9. The summed E-state index contributed by atoms with van der Waals surface area (Å²) in [5.41, 5.74) is 4.64. The third-order valence-corrected chi connectivity index (χ3v) is 4.66. The van der Waals surface area contributed by atoms with Gasteiger partial charge in [-0.05, 0) is 41.8 Å². The molecular formula is C24H28N2. The van der Waals surface area contributed by atoms with E-state index in [1.165, 1.54) is 54.3 Å². The van der Waals surface area contributed by atoms with E-state index in [-0.39, 0.29) is 0 Å². The molecule has 0 saturated carbocycles. The zero-order chi connectivity index (χ0) is 18.0. The van der Waals surface area contributed by atoms with E-state index >= 15 is 0 Å². The van der Waals surface area contributed by atoms with E-state index in [9.17, 15) is 0 Å². The van der Waals surface area contributed by atoms with Crippen LogP contribution in [0.2, 0.25) is 0 Å². The van der Waals surface area contributed by atoms with Crippen molar-refractivity contribution >= 4 is 28.7 Å². The van der Waals surface area contributed by atoms with E-state index < -0.39 is 0 Å². The van der Waals surface area contributed by atoms with Gasteiger partial charge in [-0.15, -0.1) is 0 Å². The maximum absolute atomic E-state index is 4.42. The van der Waals surface area contributed by atoms with Crippen molar-refractivity contribution in [3.63, 3.8) is 0 Å². The molecule has 0 saturated heterocycles. The van der Waals surface area contributed by atoms with Gasteiger partial charge in [0.1, 0.15) is 0 Å². The molecule has 0 aliphatic heterocycles. The van der Waals surface area contributed by atoms with Crippen molar-refractivity contribution in [3.05, 3.63) is 71.9 Å². The maximum Gasteiger partial charge on any atom is 0.0707 e. The second-order valence-corrected chi connectivity index (χ2v) is 6.71. The number of fused-ring (bicyclic) bond motifs is 1. The number of benzene rings is 2. The molecule has 0 spiro atoms. The number of hydrogen-bond acceptors (Lipinski definition) is 2. The zero-order valence-electron chi connectivity index (χ0n) is 15.6. The molecule has 0 radical (unpaired) electrons. The summed E-state index contributed by atoms with van der Waals surface area (Å²) >= 11 is 0. The van der Waals surface area contributed by atoms with Crippen LogP contribution in [0.1, 0.15) is 50.2 Å². The van der Waals surface area contributed by atoms with Crippen molar-refractivity contribution in [2.45, 2.75) is 39.0 Å². The van der Waals surface area contributed by atoms with Gasteiger partial charge in [0.15, 0.2) is 0 Å². The second kappa shape index (κ2) is 9.76. The maximum atomic E-state index is 4.42. The van der Waals surface area contributed by atoms with Crippen molar-refractivity contribution in [3.8, 4) is 0 Å². The van der Waals surface area contributed by atoms with Crippen molar-refractivity contribution in [2.75, 3.05) is 11.9 Å². The summed E-state index contributed by atoms with van der Waals surface area (Å²) < 4.78 is 0. The minimum absolute atomic E-state index is 1.04. The van der Waals surface area contributed by atoms with Gasteiger partial charge in [0.05, 0.1) is 5.52 Å². The molecule has 1 aromatic heterocycles. The van der Waals surface area contributed by atoms with Crippen LogP contribution in [0.15, 0.2) is 60.8 Å². The highest BCUT2D eigenvalue weighted by molar-refractivity contribution is 5.90. The van der Waals surface area contributed by atoms with Crippen LogP contribution in [-0.2, 0) is 0 Å². The van der Waals surface area contributed by atoms with Crippen molar-refractivity contribution in [2.24, 2.45) is 0 Å². The van der Waals surface area contributed by atoms with Gasteiger partial charge in [-0.1, -0.05) is 75.1 Å². The Hall–Kier alpha value is -2.61. The Bertz CT molecular complexity index is 829. The van der Waals surface area contributed by atoms with Crippen molar-refractivity contribution in [1.82, 2.24) is 4.98 Å². The van der Waals surface area contributed by atoms with Gasteiger partial charge in [0.25, 0.3) is 0 Å². The van der Waals surface area contributed by atoms with Crippen molar-refractivity contribution < 1.29 is 0 Å². The van der Waals surface area contributed by atoms with E-state index in [1.807, 2.05) is 12.3 Å². The predicted octanol–water partition coefficient (Wildman–Crippen LogP) is 6.79. The molecule has 1 heterocycles. The average Bonchev–Trinajstić information content (AvgIpc) is 2.70. The number of para-hydroxylation sites is 1. The van der Waals surface area contributed by atoms with Crippen LogP contribution in [0.5, 0.6) is 0 Å². The first-order valence-electron chi connectivity index (χ1n) is 9.72. The Labute approximate surface area is 157 Å². The first kappa shape index (κ1) is 18.2. The molecule has 1 N–H and O–H groups in total. The normalized spacial score (nSPS) is 11.3. The van der Waals surface area contributed by atoms with E-state index in [0.29, 0.717) is 0 Å². The Kier molecular flexibility index (Phi) is 6.83. The Morgan fingerprint density at radius 3 is 2.50 bits per heavy atom. The Balaban J connectivity index is 1.56. The first-order chi connectivity index (χ1) is 12.9. The molecule has 0 atom stereocenters. The van der Waals surface area contributed by atoms with E-state index in [0.717, 1.165) is 12.1 Å². The van der Waals surface area contributed by atoms with Crippen LogP contribution in [0.3, 0.4) is 0 Å². The summed E-state index contributed by atoms with van der Waals surface area (Å²) in [6.07, 6.45) is 12.8. The molecule has 2 nitrogen and oxygen atoms in total. The quantitative estimate of drug-likeness (QED) is 0.432. The summed E-state index contributed by atoms with van der Waals surface area (Å²) in [7, 11) is 0. The molecule has 0 amide bonds. The standard InChI is InChI=1S/C24H28N2/c1-2-3-4-5-8-18-25-22-15-12-20(13-16-22)11-14-21-17-19-26-24-10-7-6-9-23(21)24/h6-7,9-17,19,25H,2-5,8,18H2,1H3/b14-11+. The van der Waals surface area contributed by atoms with Gasteiger partial charge in [0, 0.05) is 23.8 Å². The molecule has 0 unspecified atom stereocenters. The van der Waals surface area contributed by atoms with Gasteiger partial charge < -0.3 is 5.32 Å². The number of nitrogens with zero attached hydrogens (tertiary/aromatic N) is 1. The highest BCUT2D eigenvalue weighted by Crippen LogP contribution is 2.19. The zero-order valence-corrected chi connectivity index (χ0v) is 15.6. The minimum atomic E-state index is 1.04. The monoisotopic (exact) mass is 344 g/mol. The summed E-state index contributed by atoms with van der Waals surface area (Å²) in [6.45, 7) is 3.31. The smallest absolute Gasteiger partial charge is 0.0707 e.